The van der Waals surface area contributed by atoms with Gasteiger partial charge in [-0.25, -0.2) is 0 Å². The lowest BCUT2D eigenvalue weighted by Gasteiger charge is -2.10. The van der Waals surface area contributed by atoms with Gasteiger partial charge in [0.25, 0.3) is 0 Å². The third-order valence-electron chi connectivity index (χ3n) is 1.90. The van der Waals surface area contributed by atoms with E-state index < -0.39 is 0 Å². The van der Waals surface area contributed by atoms with Gasteiger partial charge in [0.1, 0.15) is 12.6 Å². The number of unbranched alkanes of at least 4 members (excludes halogenated alkanes) is 1. The predicted molar refractivity (Wildman–Crippen MR) is 55.2 cm³/mol. The number of ether oxygens (including phenoxy) is 2. The number of hydrogen-bond acceptors (Lipinski definition) is 4. The Balaban J connectivity index is 3.23. The lowest BCUT2D eigenvalue weighted by atomic mass is 10.3. The summed E-state index contributed by atoms with van der Waals surface area (Å²) in [5.74, 6) is -0.230. The highest BCUT2D eigenvalue weighted by Crippen LogP contribution is 1.90. The van der Waals surface area contributed by atoms with Crippen molar-refractivity contribution in [3.05, 3.63) is 0 Å². The summed E-state index contributed by atoms with van der Waals surface area (Å²) in [5.41, 5.74) is 0. The second-order valence-corrected chi connectivity index (χ2v) is 3.14. The number of esters is 1. The van der Waals surface area contributed by atoms with Crippen molar-refractivity contribution < 1.29 is 14.3 Å². The third-order valence-corrected chi connectivity index (χ3v) is 1.90. The Morgan fingerprint density at radius 3 is 2.64 bits per heavy atom. The largest absolute Gasteiger partial charge is 0.462 e. The normalized spacial score (nSPS) is 12.5. The molecule has 0 fully saturated rings. The molecule has 0 radical (unpaired) electrons. The van der Waals surface area contributed by atoms with Gasteiger partial charge < -0.3 is 14.8 Å². The average Bonchev–Trinajstić information content (AvgIpc) is 2.21. The minimum Gasteiger partial charge on any atom is -0.462 e. The number of rotatable bonds is 8. The molecule has 1 atom stereocenters. The second-order valence-electron chi connectivity index (χ2n) is 3.14. The topological polar surface area (TPSA) is 47.6 Å². The van der Waals surface area contributed by atoms with E-state index in [0.29, 0.717) is 13.2 Å². The van der Waals surface area contributed by atoms with Crippen LogP contribution in [0.2, 0.25) is 0 Å². The van der Waals surface area contributed by atoms with E-state index in [4.69, 9.17) is 9.47 Å². The van der Waals surface area contributed by atoms with Crippen molar-refractivity contribution in [1.82, 2.24) is 5.32 Å². The molecule has 1 unspecified atom stereocenters. The summed E-state index contributed by atoms with van der Waals surface area (Å²) in [4.78, 5) is 11.1. The number of likely N-dealkylation sites (N-methyl/N-ethyl adjacent to an activating group) is 1. The third kappa shape index (κ3) is 6.86. The summed E-state index contributed by atoms with van der Waals surface area (Å²) in [6.07, 6.45) is 2.18. The van der Waals surface area contributed by atoms with Crippen molar-refractivity contribution in [2.24, 2.45) is 0 Å². The Bertz CT molecular complexity index is 150. The van der Waals surface area contributed by atoms with Gasteiger partial charge in [-0.2, -0.15) is 0 Å². The lowest BCUT2D eigenvalue weighted by Crippen LogP contribution is -2.33. The van der Waals surface area contributed by atoms with Gasteiger partial charge >= 0.3 is 5.97 Å². The highest BCUT2D eigenvalue weighted by Gasteiger charge is 2.10. The first-order valence-electron chi connectivity index (χ1n) is 5.14. The highest BCUT2D eigenvalue weighted by atomic mass is 16.6. The smallest absolute Gasteiger partial charge is 0.322 e. The molecule has 0 rings (SSSR count). The van der Waals surface area contributed by atoms with E-state index in [1.807, 2.05) is 0 Å². The quantitative estimate of drug-likeness (QED) is 0.471. The fraction of sp³-hybridized carbons (Fsp3) is 0.900. The zero-order chi connectivity index (χ0) is 10.8. The SMILES string of the molecule is CCCCOCCOC(=O)C(C)NC. The minimum absolute atomic E-state index is 0.230. The molecule has 0 spiro atoms. The molecule has 0 aromatic carbocycles. The predicted octanol–water partition coefficient (Wildman–Crippen LogP) is 0.954. The Morgan fingerprint density at radius 2 is 2.07 bits per heavy atom. The molecule has 0 amide bonds. The van der Waals surface area contributed by atoms with Crippen molar-refractivity contribution in [2.75, 3.05) is 26.9 Å². The lowest BCUT2D eigenvalue weighted by molar-refractivity contribution is -0.147. The van der Waals surface area contributed by atoms with Crippen molar-refractivity contribution >= 4 is 5.97 Å². The number of carbonyl (C=O) groups excluding carboxylic acids is 1. The van der Waals surface area contributed by atoms with Crippen LogP contribution in [-0.2, 0) is 14.3 Å². The first kappa shape index (κ1) is 13.4. The molecule has 84 valence electrons. The Hall–Kier alpha value is -0.610. The summed E-state index contributed by atoms with van der Waals surface area (Å²) in [6, 6.07) is -0.245. The first-order valence-corrected chi connectivity index (χ1v) is 5.14. The fourth-order valence-electron chi connectivity index (χ4n) is 0.792. The molecular formula is C10H21NO3. The van der Waals surface area contributed by atoms with Crippen LogP contribution in [0.25, 0.3) is 0 Å². The van der Waals surface area contributed by atoms with Crippen LogP contribution in [0.3, 0.4) is 0 Å². The molecule has 0 bridgehead atoms. The molecule has 0 aliphatic heterocycles. The minimum atomic E-state index is -0.245. The van der Waals surface area contributed by atoms with Gasteiger partial charge in [-0.3, -0.25) is 4.79 Å². The van der Waals surface area contributed by atoms with E-state index in [1.54, 1.807) is 14.0 Å². The maximum atomic E-state index is 11.1. The Kier molecular flexibility index (Phi) is 8.57. The second kappa shape index (κ2) is 8.97. The van der Waals surface area contributed by atoms with Crippen LogP contribution >= 0.6 is 0 Å². The van der Waals surface area contributed by atoms with Crippen LogP contribution in [0, 0.1) is 0 Å². The van der Waals surface area contributed by atoms with Crippen molar-refractivity contribution in [3.63, 3.8) is 0 Å². The van der Waals surface area contributed by atoms with E-state index in [2.05, 4.69) is 12.2 Å². The van der Waals surface area contributed by atoms with Crippen LogP contribution < -0.4 is 5.32 Å². The molecule has 4 heteroatoms. The monoisotopic (exact) mass is 203 g/mol. The van der Waals surface area contributed by atoms with E-state index in [9.17, 15) is 4.79 Å². The Labute approximate surface area is 86.0 Å². The van der Waals surface area contributed by atoms with Crippen LogP contribution in [0.15, 0.2) is 0 Å². The van der Waals surface area contributed by atoms with Crippen LogP contribution in [0.1, 0.15) is 26.7 Å². The molecule has 0 saturated carbocycles. The van der Waals surface area contributed by atoms with Gasteiger partial charge in [0.05, 0.1) is 6.61 Å². The number of hydrogen-bond donors (Lipinski definition) is 1. The van der Waals surface area contributed by atoms with Crippen LogP contribution in [-0.4, -0.2) is 38.9 Å². The van der Waals surface area contributed by atoms with Crippen molar-refractivity contribution in [1.29, 1.82) is 0 Å². The molecule has 0 aromatic heterocycles. The molecular weight excluding hydrogens is 182 g/mol. The molecule has 4 nitrogen and oxygen atoms in total. The fourth-order valence-corrected chi connectivity index (χ4v) is 0.792. The molecule has 0 aliphatic carbocycles. The average molecular weight is 203 g/mol. The summed E-state index contributed by atoms with van der Waals surface area (Å²) in [6.45, 7) is 5.45. The molecule has 14 heavy (non-hydrogen) atoms. The van der Waals surface area contributed by atoms with Gasteiger partial charge in [-0.1, -0.05) is 13.3 Å². The maximum absolute atomic E-state index is 11.1. The summed E-state index contributed by atoms with van der Waals surface area (Å²) < 4.78 is 10.2. The maximum Gasteiger partial charge on any atom is 0.322 e. The van der Waals surface area contributed by atoms with Crippen molar-refractivity contribution in [3.8, 4) is 0 Å². The Morgan fingerprint density at radius 1 is 1.36 bits per heavy atom. The van der Waals surface area contributed by atoms with Gasteiger partial charge in [-0.05, 0) is 20.4 Å². The van der Waals surface area contributed by atoms with E-state index >= 15 is 0 Å². The van der Waals surface area contributed by atoms with Crippen LogP contribution in [0.4, 0.5) is 0 Å². The highest BCUT2D eigenvalue weighted by molar-refractivity contribution is 5.75. The first-order chi connectivity index (χ1) is 6.72. The van der Waals surface area contributed by atoms with Gasteiger partial charge in [0.2, 0.25) is 0 Å². The van der Waals surface area contributed by atoms with Crippen molar-refractivity contribution in [2.45, 2.75) is 32.7 Å². The molecule has 0 aromatic rings. The van der Waals surface area contributed by atoms with E-state index in [0.717, 1.165) is 19.4 Å². The van der Waals surface area contributed by atoms with Crippen LogP contribution in [0.5, 0.6) is 0 Å². The zero-order valence-electron chi connectivity index (χ0n) is 9.34. The van der Waals surface area contributed by atoms with Gasteiger partial charge in [0, 0.05) is 6.61 Å². The zero-order valence-corrected chi connectivity index (χ0v) is 9.34. The molecule has 1 N–H and O–H groups in total. The standard InChI is InChI=1S/C10H21NO3/c1-4-5-6-13-7-8-14-10(12)9(2)11-3/h9,11H,4-8H2,1-3H3. The van der Waals surface area contributed by atoms with Gasteiger partial charge in [0.15, 0.2) is 0 Å². The number of carbonyl (C=O) groups is 1. The molecule has 0 aliphatic rings. The summed E-state index contributed by atoms with van der Waals surface area (Å²) in [5, 5.41) is 2.81. The molecule has 0 saturated heterocycles. The summed E-state index contributed by atoms with van der Waals surface area (Å²) >= 11 is 0. The van der Waals surface area contributed by atoms with E-state index in [-0.39, 0.29) is 12.0 Å². The summed E-state index contributed by atoms with van der Waals surface area (Å²) in [7, 11) is 1.73. The van der Waals surface area contributed by atoms with E-state index in [1.165, 1.54) is 0 Å². The molecule has 0 heterocycles. The number of nitrogens with one attached hydrogen (secondary N) is 1. The van der Waals surface area contributed by atoms with Gasteiger partial charge in [-0.15, -0.1) is 0 Å².